The van der Waals surface area contributed by atoms with Gasteiger partial charge in [0.25, 0.3) is 0 Å². The van der Waals surface area contributed by atoms with Crippen molar-refractivity contribution in [2.75, 3.05) is 6.61 Å². The molecule has 0 N–H and O–H groups in total. The van der Waals surface area contributed by atoms with Gasteiger partial charge in [0.2, 0.25) is 5.90 Å². The van der Waals surface area contributed by atoms with Crippen LogP contribution < -0.4 is 9.47 Å². The molecule has 0 unspecified atom stereocenters. The predicted octanol–water partition coefficient (Wildman–Crippen LogP) is 7.28. The van der Waals surface area contributed by atoms with Crippen molar-refractivity contribution in [2.24, 2.45) is 4.99 Å². The first kappa shape index (κ1) is 24.1. The molecule has 1 heterocycles. The summed E-state index contributed by atoms with van der Waals surface area (Å²) in [6.45, 7) is 4.64. The molecule has 3 aromatic carbocycles. The number of carbonyl (C=O) groups excluding carboxylic acids is 1. The van der Waals surface area contributed by atoms with E-state index in [-0.39, 0.29) is 11.6 Å². The summed E-state index contributed by atoms with van der Waals surface area (Å²) in [4.78, 5) is 16.7. The zero-order valence-corrected chi connectivity index (χ0v) is 20.7. The lowest BCUT2D eigenvalue weighted by molar-refractivity contribution is -0.129. The van der Waals surface area contributed by atoms with E-state index in [1.54, 1.807) is 36.4 Å². The van der Waals surface area contributed by atoms with Crippen molar-refractivity contribution in [1.29, 1.82) is 0 Å². The fraction of sp³-hybridized carbons (Fsp3) is 0.154. The van der Waals surface area contributed by atoms with E-state index in [0.717, 1.165) is 11.1 Å². The van der Waals surface area contributed by atoms with E-state index in [4.69, 9.17) is 49.0 Å². The summed E-state index contributed by atoms with van der Waals surface area (Å²) in [6, 6.07) is 16.2. The number of benzene rings is 3. The summed E-state index contributed by atoms with van der Waals surface area (Å²) in [5, 5.41) is 1.15. The number of cyclic esters (lactones) is 1. The Morgan fingerprint density at radius 2 is 1.79 bits per heavy atom. The number of rotatable bonds is 7. The normalized spacial score (nSPS) is 14.2. The number of halogens is 3. The Morgan fingerprint density at radius 1 is 1.00 bits per heavy atom. The second-order valence-electron chi connectivity index (χ2n) is 7.44. The lowest BCUT2D eigenvalue weighted by Crippen LogP contribution is -2.06. The van der Waals surface area contributed by atoms with Gasteiger partial charge in [-0.15, -0.1) is 0 Å². The van der Waals surface area contributed by atoms with Gasteiger partial charge in [0.05, 0.1) is 22.2 Å². The van der Waals surface area contributed by atoms with Gasteiger partial charge in [0.15, 0.2) is 17.2 Å². The zero-order chi connectivity index (χ0) is 24.2. The Bertz CT molecular complexity index is 1320. The number of hydrogen-bond acceptors (Lipinski definition) is 5. The van der Waals surface area contributed by atoms with Gasteiger partial charge in [-0.1, -0.05) is 59.1 Å². The Morgan fingerprint density at radius 3 is 2.53 bits per heavy atom. The molecule has 0 aromatic heterocycles. The van der Waals surface area contributed by atoms with E-state index in [1.807, 2.05) is 38.1 Å². The van der Waals surface area contributed by atoms with Gasteiger partial charge in [-0.3, -0.25) is 0 Å². The summed E-state index contributed by atoms with van der Waals surface area (Å²) >= 11 is 18.7. The first-order chi connectivity index (χ1) is 16.4. The molecule has 3 aromatic rings. The third kappa shape index (κ3) is 5.39. The molecule has 0 saturated heterocycles. The highest BCUT2D eigenvalue weighted by atomic mass is 35.5. The van der Waals surface area contributed by atoms with Crippen LogP contribution >= 0.6 is 34.8 Å². The van der Waals surface area contributed by atoms with E-state index in [1.165, 1.54) is 0 Å². The van der Waals surface area contributed by atoms with Crippen LogP contribution in [0.25, 0.3) is 6.08 Å². The van der Waals surface area contributed by atoms with E-state index >= 15 is 0 Å². The molecule has 0 radical (unpaired) electrons. The molecule has 1 aliphatic rings. The summed E-state index contributed by atoms with van der Waals surface area (Å²) in [6.07, 6.45) is 1.57. The third-order valence-corrected chi connectivity index (χ3v) is 5.88. The van der Waals surface area contributed by atoms with Crippen molar-refractivity contribution in [2.45, 2.75) is 20.5 Å². The van der Waals surface area contributed by atoms with Crippen molar-refractivity contribution in [3.63, 3.8) is 0 Å². The Kier molecular flexibility index (Phi) is 7.47. The predicted molar refractivity (Wildman–Crippen MR) is 135 cm³/mol. The summed E-state index contributed by atoms with van der Waals surface area (Å²) in [5.74, 6) is 0.397. The maximum absolute atomic E-state index is 12.4. The SMILES string of the molecule is CCOc1cc(/C=C2\N=C(c3ccc(Cl)cc3Cl)OC2=O)cc(Cl)c1OCc1ccccc1C. The Balaban J connectivity index is 1.63. The fourth-order valence-corrected chi connectivity index (χ4v) is 4.10. The van der Waals surface area contributed by atoms with Crippen molar-refractivity contribution in [3.8, 4) is 11.5 Å². The molecule has 0 spiro atoms. The largest absolute Gasteiger partial charge is 0.490 e. The van der Waals surface area contributed by atoms with E-state index < -0.39 is 5.97 Å². The lowest BCUT2D eigenvalue weighted by Gasteiger charge is -2.15. The molecule has 0 bridgehead atoms. The Labute approximate surface area is 212 Å². The molecule has 4 rings (SSSR count). The number of ether oxygens (including phenoxy) is 3. The smallest absolute Gasteiger partial charge is 0.363 e. The quantitative estimate of drug-likeness (QED) is 0.245. The van der Waals surface area contributed by atoms with Crippen LogP contribution in [0, 0.1) is 6.92 Å². The standard InChI is InChI=1S/C26H20Cl3NO4/c1-3-32-23-12-16(10-21(29)24(23)33-14-17-7-5-4-6-15(17)2)11-22-26(31)34-25(30-22)19-9-8-18(27)13-20(19)28/h4-13H,3,14H2,1-2H3/b22-11-. The van der Waals surface area contributed by atoms with Gasteiger partial charge >= 0.3 is 5.97 Å². The summed E-state index contributed by atoms with van der Waals surface area (Å²) in [7, 11) is 0. The van der Waals surface area contributed by atoms with Crippen molar-refractivity contribution in [1.82, 2.24) is 0 Å². The highest BCUT2D eigenvalue weighted by Gasteiger charge is 2.26. The molecule has 0 atom stereocenters. The number of nitrogens with zero attached hydrogens (tertiary/aromatic N) is 1. The fourth-order valence-electron chi connectivity index (χ4n) is 3.34. The van der Waals surface area contributed by atoms with Crippen LogP contribution in [0.1, 0.15) is 29.2 Å². The molecule has 8 heteroatoms. The topological polar surface area (TPSA) is 57.1 Å². The minimum atomic E-state index is -0.602. The second-order valence-corrected chi connectivity index (χ2v) is 8.69. The van der Waals surface area contributed by atoms with Gasteiger partial charge in [0, 0.05) is 5.02 Å². The summed E-state index contributed by atoms with van der Waals surface area (Å²) < 4.78 is 17.1. The van der Waals surface area contributed by atoms with E-state index in [9.17, 15) is 4.79 Å². The molecular formula is C26H20Cl3NO4. The van der Waals surface area contributed by atoms with Crippen LogP contribution in [-0.4, -0.2) is 18.5 Å². The van der Waals surface area contributed by atoms with Crippen molar-refractivity contribution >= 4 is 52.7 Å². The maximum Gasteiger partial charge on any atom is 0.363 e. The molecule has 1 aliphatic heterocycles. The molecule has 174 valence electrons. The molecule has 34 heavy (non-hydrogen) atoms. The van der Waals surface area contributed by atoms with Crippen LogP contribution in [-0.2, 0) is 16.1 Å². The second kappa shape index (κ2) is 10.5. The minimum Gasteiger partial charge on any atom is -0.490 e. The van der Waals surface area contributed by atoms with Crippen LogP contribution in [0.2, 0.25) is 15.1 Å². The lowest BCUT2D eigenvalue weighted by atomic mass is 10.1. The van der Waals surface area contributed by atoms with Gasteiger partial charge < -0.3 is 14.2 Å². The number of esters is 1. The monoisotopic (exact) mass is 515 g/mol. The van der Waals surface area contributed by atoms with Gasteiger partial charge in [-0.25, -0.2) is 9.79 Å². The van der Waals surface area contributed by atoms with Crippen LogP contribution in [0.15, 0.2) is 65.3 Å². The first-order valence-corrected chi connectivity index (χ1v) is 11.6. The number of aryl methyl sites for hydroxylation is 1. The number of carbonyl (C=O) groups is 1. The highest BCUT2D eigenvalue weighted by molar-refractivity contribution is 6.37. The highest BCUT2D eigenvalue weighted by Crippen LogP contribution is 2.38. The average molecular weight is 517 g/mol. The third-order valence-electron chi connectivity index (χ3n) is 5.05. The minimum absolute atomic E-state index is 0.104. The number of aliphatic imine (C=N–C) groups is 1. The van der Waals surface area contributed by atoms with Gasteiger partial charge in [-0.2, -0.15) is 0 Å². The van der Waals surface area contributed by atoms with E-state index in [0.29, 0.717) is 50.9 Å². The van der Waals surface area contributed by atoms with Crippen LogP contribution in [0.4, 0.5) is 0 Å². The first-order valence-electron chi connectivity index (χ1n) is 10.5. The van der Waals surface area contributed by atoms with Gasteiger partial charge in [-0.05, 0) is 66.9 Å². The molecule has 0 amide bonds. The molecule has 5 nitrogen and oxygen atoms in total. The van der Waals surface area contributed by atoms with Crippen molar-refractivity contribution < 1.29 is 19.0 Å². The zero-order valence-electron chi connectivity index (χ0n) is 18.4. The van der Waals surface area contributed by atoms with Crippen molar-refractivity contribution in [3.05, 3.63) is 97.6 Å². The number of hydrogen-bond donors (Lipinski definition) is 0. The van der Waals surface area contributed by atoms with E-state index in [2.05, 4.69) is 4.99 Å². The molecule has 0 saturated carbocycles. The molecule has 0 fully saturated rings. The Hall–Kier alpha value is -2.99. The van der Waals surface area contributed by atoms with Gasteiger partial charge in [0.1, 0.15) is 6.61 Å². The molecule has 0 aliphatic carbocycles. The maximum atomic E-state index is 12.4. The van der Waals surface area contributed by atoms with Crippen LogP contribution in [0.3, 0.4) is 0 Å². The molecular weight excluding hydrogens is 497 g/mol. The van der Waals surface area contributed by atoms with Crippen LogP contribution in [0.5, 0.6) is 11.5 Å². The summed E-state index contributed by atoms with van der Waals surface area (Å²) in [5.41, 5.74) is 3.34. The average Bonchev–Trinajstić information content (AvgIpc) is 3.14.